The highest BCUT2D eigenvalue weighted by Gasteiger charge is 2.24. The van der Waals surface area contributed by atoms with Gasteiger partial charge in [-0.2, -0.15) is 0 Å². The SMILES string of the molecule is C=C(NC1CCc2cc(C)ccc21)C(CC)Cc1ccc(C)cc1O. The molecule has 2 aromatic rings. The van der Waals surface area contributed by atoms with Crippen LogP contribution in [0.3, 0.4) is 0 Å². The Morgan fingerprint density at radius 2 is 1.92 bits per heavy atom. The molecule has 2 heteroatoms. The van der Waals surface area contributed by atoms with Gasteiger partial charge in [0, 0.05) is 11.6 Å². The Balaban J connectivity index is 1.69. The van der Waals surface area contributed by atoms with Crippen LogP contribution in [0.1, 0.15) is 53.6 Å². The predicted octanol–water partition coefficient (Wildman–Crippen LogP) is 5.37. The lowest BCUT2D eigenvalue weighted by Crippen LogP contribution is -2.24. The van der Waals surface area contributed by atoms with Gasteiger partial charge in [0.2, 0.25) is 0 Å². The molecule has 132 valence electrons. The molecule has 1 aliphatic rings. The van der Waals surface area contributed by atoms with E-state index in [0.29, 0.717) is 17.7 Å². The van der Waals surface area contributed by atoms with Crippen LogP contribution in [0.15, 0.2) is 48.7 Å². The molecule has 0 aliphatic heterocycles. The van der Waals surface area contributed by atoms with Crippen LogP contribution in [0, 0.1) is 19.8 Å². The maximum atomic E-state index is 10.2. The molecule has 0 spiro atoms. The summed E-state index contributed by atoms with van der Waals surface area (Å²) in [6.07, 6.45) is 4.09. The zero-order chi connectivity index (χ0) is 18.0. The highest BCUT2D eigenvalue weighted by molar-refractivity contribution is 5.39. The first-order valence-corrected chi connectivity index (χ1v) is 9.31. The van der Waals surface area contributed by atoms with Crippen molar-refractivity contribution in [1.82, 2.24) is 5.32 Å². The highest BCUT2D eigenvalue weighted by atomic mass is 16.3. The van der Waals surface area contributed by atoms with Gasteiger partial charge in [0.25, 0.3) is 0 Å². The number of fused-ring (bicyclic) bond motifs is 1. The number of aromatic hydroxyl groups is 1. The summed E-state index contributed by atoms with van der Waals surface area (Å²) in [6, 6.07) is 13.1. The first-order valence-electron chi connectivity index (χ1n) is 9.31. The Morgan fingerprint density at radius 1 is 1.20 bits per heavy atom. The Labute approximate surface area is 151 Å². The molecule has 0 bridgehead atoms. The smallest absolute Gasteiger partial charge is 0.119 e. The third kappa shape index (κ3) is 3.89. The average molecular weight is 335 g/mol. The van der Waals surface area contributed by atoms with Crippen LogP contribution in [0.25, 0.3) is 0 Å². The molecule has 0 heterocycles. The molecule has 3 rings (SSSR count). The molecule has 25 heavy (non-hydrogen) atoms. The van der Waals surface area contributed by atoms with E-state index in [9.17, 15) is 5.11 Å². The minimum atomic E-state index is 0.322. The van der Waals surface area contributed by atoms with Crippen LogP contribution in [0.5, 0.6) is 5.75 Å². The van der Waals surface area contributed by atoms with Crippen molar-refractivity contribution in [1.29, 1.82) is 0 Å². The maximum Gasteiger partial charge on any atom is 0.119 e. The first kappa shape index (κ1) is 17.6. The quantitative estimate of drug-likeness (QED) is 0.744. The van der Waals surface area contributed by atoms with E-state index in [4.69, 9.17) is 0 Å². The number of nitrogens with one attached hydrogen (secondary N) is 1. The summed E-state index contributed by atoms with van der Waals surface area (Å²) in [7, 11) is 0. The first-order chi connectivity index (χ1) is 12.0. The number of phenols is 1. The van der Waals surface area contributed by atoms with Gasteiger partial charge in [-0.25, -0.2) is 0 Å². The third-order valence-electron chi connectivity index (χ3n) is 5.43. The van der Waals surface area contributed by atoms with Crippen LogP contribution in [-0.4, -0.2) is 5.11 Å². The molecule has 0 aromatic heterocycles. The Bertz CT molecular complexity index is 778. The van der Waals surface area contributed by atoms with Crippen molar-refractivity contribution < 1.29 is 5.11 Å². The zero-order valence-electron chi connectivity index (χ0n) is 15.6. The van der Waals surface area contributed by atoms with E-state index < -0.39 is 0 Å². The largest absolute Gasteiger partial charge is 0.508 e. The topological polar surface area (TPSA) is 32.3 Å². The Morgan fingerprint density at radius 3 is 2.64 bits per heavy atom. The summed E-state index contributed by atoms with van der Waals surface area (Å²) in [5.74, 6) is 0.719. The summed E-state index contributed by atoms with van der Waals surface area (Å²) in [6.45, 7) is 10.7. The van der Waals surface area contributed by atoms with Gasteiger partial charge in [-0.3, -0.25) is 0 Å². The fourth-order valence-corrected chi connectivity index (χ4v) is 3.86. The Kier molecular flexibility index (Phi) is 5.17. The van der Waals surface area contributed by atoms with Gasteiger partial charge >= 0.3 is 0 Å². The van der Waals surface area contributed by atoms with Crippen molar-refractivity contribution in [2.24, 2.45) is 5.92 Å². The molecule has 0 amide bonds. The molecule has 2 aromatic carbocycles. The predicted molar refractivity (Wildman–Crippen MR) is 105 cm³/mol. The summed E-state index contributed by atoms with van der Waals surface area (Å²) < 4.78 is 0. The van der Waals surface area contributed by atoms with Gasteiger partial charge in [0.15, 0.2) is 0 Å². The van der Waals surface area contributed by atoms with Crippen molar-refractivity contribution in [3.8, 4) is 5.75 Å². The van der Waals surface area contributed by atoms with Gasteiger partial charge in [-0.15, -0.1) is 0 Å². The number of phenolic OH excluding ortho intramolecular Hbond substituents is 1. The van der Waals surface area contributed by atoms with Crippen LogP contribution in [0.4, 0.5) is 0 Å². The van der Waals surface area contributed by atoms with Crippen LogP contribution >= 0.6 is 0 Å². The number of benzene rings is 2. The zero-order valence-corrected chi connectivity index (χ0v) is 15.6. The van der Waals surface area contributed by atoms with Crippen molar-refractivity contribution in [2.75, 3.05) is 0 Å². The van der Waals surface area contributed by atoms with E-state index in [1.54, 1.807) is 0 Å². The van der Waals surface area contributed by atoms with E-state index in [0.717, 1.165) is 42.5 Å². The van der Waals surface area contributed by atoms with Crippen molar-refractivity contribution in [2.45, 2.75) is 52.5 Å². The van der Waals surface area contributed by atoms with Gasteiger partial charge in [0.05, 0.1) is 6.04 Å². The van der Waals surface area contributed by atoms with Gasteiger partial charge < -0.3 is 10.4 Å². The van der Waals surface area contributed by atoms with Gasteiger partial charge in [-0.05, 0) is 67.9 Å². The maximum absolute atomic E-state index is 10.2. The molecular weight excluding hydrogens is 306 g/mol. The highest BCUT2D eigenvalue weighted by Crippen LogP contribution is 2.34. The van der Waals surface area contributed by atoms with Crippen molar-refractivity contribution in [3.63, 3.8) is 0 Å². The van der Waals surface area contributed by atoms with Crippen molar-refractivity contribution >= 4 is 0 Å². The van der Waals surface area contributed by atoms with Gasteiger partial charge in [0.1, 0.15) is 5.75 Å². The second-order valence-corrected chi connectivity index (χ2v) is 7.40. The lowest BCUT2D eigenvalue weighted by molar-refractivity contribution is 0.450. The summed E-state index contributed by atoms with van der Waals surface area (Å²) >= 11 is 0. The number of aryl methyl sites for hydroxylation is 3. The Hall–Kier alpha value is -2.22. The molecule has 1 aliphatic carbocycles. The molecule has 2 unspecified atom stereocenters. The normalized spacial score (nSPS) is 17.2. The van der Waals surface area contributed by atoms with E-state index in [1.165, 1.54) is 16.7 Å². The summed E-state index contributed by atoms with van der Waals surface area (Å²) in [5.41, 5.74) is 7.39. The minimum absolute atomic E-state index is 0.322. The van der Waals surface area contributed by atoms with Crippen LogP contribution < -0.4 is 5.32 Å². The lowest BCUT2D eigenvalue weighted by atomic mass is 9.92. The summed E-state index contributed by atoms with van der Waals surface area (Å²) in [5, 5.41) is 13.9. The number of hydrogen-bond acceptors (Lipinski definition) is 2. The second-order valence-electron chi connectivity index (χ2n) is 7.40. The molecule has 2 N–H and O–H groups in total. The van der Waals surface area contributed by atoms with E-state index >= 15 is 0 Å². The molecular formula is C23H29NO. The van der Waals surface area contributed by atoms with Gasteiger partial charge in [-0.1, -0.05) is 49.4 Å². The van der Waals surface area contributed by atoms with E-state index in [2.05, 4.69) is 50.0 Å². The number of hydrogen-bond donors (Lipinski definition) is 2. The lowest BCUT2D eigenvalue weighted by Gasteiger charge is -2.24. The second kappa shape index (κ2) is 7.35. The van der Waals surface area contributed by atoms with Crippen molar-refractivity contribution in [3.05, 3.63) is 76.5 Å². The fraction of sp³-hybridized carbons (Fsp3) is 0.391. The third-order valence-corrected chi connectivity index (χ3v) is 5.43. The summed E-state index contributed by atoms with van der Waals surface area (Å²) in [4.78, 5) is 0. The minimum Gasteiger partial charge on any atom is -0.508 e. The van der Waals surface area contributed by atoms with E-state index in [1.807, 2.05) is 19.1 Å². The molecule has 0 saturated heterocycles. The molecule has 0 fully saturated rings. The molecule has 2 atom stereocenters. The molecule has 2 nitrogen and oxygen atoms in total. The number of rotatable bonds is 6. The van der Waals surface area contributed by atoms with Crippen LogP contribution in [0.2, 0.25) is 0 Å². The molecule has 0 radical (unpaired) electrons. The number of allylic oxidation sites excluding steroid dienone is 1. The molecule has 0 saturated carbocycles. The van der Waals surface area contributed by atoms with Crippen LogP contribution in [-0.2, 0) is 12.8 Å². The standard InChI is InChI=1S/C23H29NO/c1-5-18(14-20-8-6-16(3)13-23(20)25)17(4)24-22-11-9-19-12-15(2)7-10-21(19)22/h6-8,10,12-13,18,22,24-25H,4-5,9,11,14H2,1-3H3. The fourth-order valence-electron chi connectivity index (χ4n) is 3.86. The average Bonchev–Trinajstić information content (AvgIpc) is 2.96. The monoisotopic (exact) mass is 335 g/mol. The van der Waals surface area contributed by atoms with E-state index in [-0.39, 0.29) is 0 Å².